The van der Waals surface area contributed by atoms with Crippen LogP contribution in [-0.2, 0) is 16.3 Å². The first kappa shape index (κ1) is 15.1. The van der Waals surface area contributed by atoms with E-state index in [2.05, 4.69) is 33.5 Å². The third-order valence-corrected chi connectivity index (χ3v) is 1.73. The molecule has 0 heterocycles. The Bertz CT molecular complexity index is 269. The van der Waals surface area contributed by atoms with Crippen LogP contribution in [0.15, 0.2) is 18.2 Å². The molecule has 0 radical (unpaired) electrons. The average Bonchev–Trinajstić information content (AvgIpc) is 2.23. The molecular formula is C11H14BrFOZn. The Morgan fingerprint density at radius 2 is 2.20 bits per heavy atom. The molecule has 1 rings (SSSR count). The molecule has 0 aliphatic heterocycles. The number of ether oxygens (including phenoxy) is 1. The van der Waals surface area contributed by atoms with Gasteiger partial charge in [0.25, 0.3) is 0 Å². The molecule has 0 atom stereocenters. The Kier molecular flexibility index (Phi) is 9.32. The van der Waals surface area contributed by atoms with Crippen LogP contribution in [0.5, 0.6) is 5.75 Å². The van der Waals surface area contributed by atoms with E-state index in [1.165, 1.54) is 22.4 Å². The molecular weight excluding hydrogens is 312 g/mol. The Hall–Kier alpha value is 0.0534. The molecule has 0 saturated carbocycles. The predicted molar refractivity (Wildman–Crippen MR) is 59.1 cm³/mol. The molecule has 1 nitrogen and oxygen atoms in total. The Morgan fingerprint density at radius 3 is 2.73 bits per heavy atom. The van der Waals surface area contributed by atoms with Crippen molar-refractivity contribution in [1.82, 2.24) is 0 Å². The fourth-order valence-corrected chi connectivity index (χ4v) is 0.917. The van der Waals surface area contributed by atoms with Gasteiger partial charge in [0.1, 0.15) is 0 Å². The zero-order valence-electron chi connectivity index (χ0n) is 9.09. The summed E-state index contributed by atoms with van der Waals surface area (Å²) in [4.78, 5) is 0. The van der Waals surface area contributed by atoms with Crippen molar-refractivity contribution in [1.29, 1.82) is 0 Å². The molecule has 4 heteroatoms. The predicted octanol–water partition coefficient (Wildman–Crippen LogP) is 3.89. The molecule has 0 aliphatic carbocycles. The maximum atomic E-state index is 13.0. The molecule has 0 amide bonds. The van der Waals surface area contributed by atoms with Gasteiger partial charge in [-0.1, -0.05) is 13.8 Å². The SMILES string of the molecule is CC(C)CCOc1cc[c-]cc1F.[Zn+][Br]. The second kappa shape index (κ2) is 9.29. The van der Waals surface area contributed by atoms with Crippen molar-refractivity contribution in [3.8, 4) is 5.75 Å². The van der Waals surface area contributed by atoms with Crippen molar-refractivity contribution < 1.29 is 25.5 Å². The van der Waals surface area contributed by atoms with E-state index in [1.807, 2.05) is 0 Å². The topological polar surface area (TPSA) is 9.23 Å². The van der Waals surface area contributed by atoms with Gasteiger partial charge in [0.2, 0.25) is 0 Å². The van der Waals surface area contributed by atoms with Gasteiger partial charge in [-0.2, -0.15) is 12.1 Å². The first-order chi connectivity index (χ1) is 7.20. The molecule has 0 fully saturated rings. The van der Waals surface area contributed by atoms with Crippen molar-refractivity contribution in [2.45, 2.75) is 20.3 Å². The van der Waals surface area contributed by atoms with Crippen molar-refractivity contribution >= 4 is 13.6 Å². The fourth-order valence-electron chi connectivity index (χ4n) is 0.917. The zero-order chi connectivity index (χ0) is 11.7. The molecule has 0 N–H and O–H groups in total. The van der Waals surface area contributed by atoms with Gasteiger partial charge in [-0.25, -0.2) is 0 Å². The van der Waals surface area contributed by atoms with E-state index < -0.39 is 0 Å². The van der Waals surface area contributed by atoms with E-state index in [0.29, 0.717) is 18.3 Å². The van der Waals surface area contributed by atoms with Gasteiger partial charge in [0.15, 0.2) is 0 Å². The molecule has 0 spiro atoms. The molecule has 0 aromatic heterocycles. The number of hydrogen-bond donors (Lipinski definition) is 0. The fraction of sp³-hybridized carbons (Fsp3) is 0.455. The van der Waals surface area contributed by atoms with Crippen LogP contribution in [0.4, 0.5) is 4.39 Å². The summed E-state index contributed by atoms with van der Waals surface area (Å²) in [7, 11) is 0. The number of benzene rings is 1. The third-order valence-electron chi connectivity index (χ3n) is 1.73. The number of hydrogen-bond acceptors (Lipinski definition) is 1. The van der Waals surface area contributed by atoms with Crippen LogP contribution in [0.3, 0.4) is 0 Å². The van der Waals surface area contributed by atoms with Crippen molar-refractivity contribution in [2.75, 3.05) is 6.61 Å². The Labute approximate surface area is 107 Å². The van der Waals surface area contributed by atoms with E-state index >= 15 is 0 Å². The summed E-state index contributed by atoms with van der Waals surface area (Å²) in [5, 5.41) is 0. The van der Waals surface area contributed by atoms with Gasteiger partial charge in [0, 0.05) is 11.6 Å². The average molecular weight is 327 g/mol. The van der Waals surface area contributed by atoms with E-state index in [1.54, 1.807) is 12.1 Å². The molecule has 0 unspecified atom stereocenters. The second-order valence-corrected chi connectivity index (χ2v) is 3.39. The number of rotatable bonds is 4. The van der Waals surface area contributed by atoms with Crippen LogP contribution < -0.4 is 4.74 Å². The van der Waals surface area contributed by atoms with Gasteiger partial charge in [-0.05, 0) is 12.3 Å². The van der Waals surface area contributed by atoms with Crippen molar-refractivity contribution in [2.24, 2.45) is 5.92 Å². The Balaban J connectivity index is 0.000000921. The first-order valence-electron chi connectivity index (χ1n) is 4.75. The van der Waals surface area contributed by atoms with Gasteiger partial charge in [-0.15, -0.1) is 12.1 Å². The summed E-state index contributed by atoms with van der Waals surface area (Å²) in [5.41, 5.74) is 0. The minimum absolute atomic E-state index is 0.319. The van der Waals surface area contributed by atoms with Crippen molar-refractivity contribution in [3.05, 3.63) is 30.1 Å². The minimum atomic E-state index is -0.341. The Morgan fingerprint density at radius 1 is 1.53 bits per heavy atom. The normalized spacial score (nSPS) is 9.53. The van der Waals surface area contributed by atoms with Crippen LogP contribution >= 0.6 is 13.6 Å². The summed E-state index contributed by atoms with van der Waals surface area (Å²) >= 11 is 4.25. The molecule has 0 bridgehead atoms. The first-order valence-corrected chi connectivity index (χ1v) is 11.7. The molecule has 1 aromatic rings. The standard InChI is InChI=1S/C11H14FO.BrH.Zn/c1-9(2)7-8-13-11-6-4-3-5-10(11)12;;/h4-6,9H,7-8H2,1-2H3;1H;/q-1;;+2/p-1. The van der Waals surface area contributed by atoms with Crippen LogP contribution in [0.2, 0.25) is 0 Å². The summed E-state index contributed by atoms with van der Waals surface area (Å²) in [6.45, 7) is 4.79. The molecule has 0 aliphatic rings. The maximum absolute atomic E-state index is 13.0. The van der Waals surface area contributed by atoms with E-state index in [9.17, 15) is 4.39 Å². The van der Waals surface area contributed by atoms with E-state index in [-0.39, 0.29) is 5.82 Å². The monoisotopic (exact) mass is 324 g/mol. The third kappa shape index (κ3) is 7.02. The van der Waals surface area contributed by atoms with Crippen LogP contribution in [0, 0.1) is 17.8 Å². The van der Waals surface area contributed by atoms with Gasteiger partial charge < -0.3 is 4.74 Å². The molecule has 0 saturated heterocycles. The van der Waals surface area contributed by atoms with E-state index in [4.69, 9.17) is 4.74 Å². The van der Waals surface area contributed by atoms with Gasteiger partial charge in [0.05, 0.1) is 6.61 Å². The van der Waals surface area contributed by atoms with E-state index in [0.717, 1.165) is 6.42 Å². The van der Waals surface area contributed by atoms with Crippen molar-refractivity contribution in [3.63, 3.8) is 0 Å². The summed E-state index contributed by atoms with van der Waals surface area (Å²) in [6, 6.07) is 7.17. The molecule has 80 valence electrons. The summed E-state index contributed by atoms with van der Waals surface area (Å²) in [6.07, 6.45) is 0.943. The summed E-state index contributed by atoms with van der Waals surface area (Å²) in [5.74, 6) is 0.559. The van der Waals surface area contributed by atoms with Crippen LogP contribution in [0.25, 0.3) is 0 Å². The summed E-state index contributed by atoms with van der Waals surface area (Å²) < 4.78 is 18.2. The zero-order valence-corrected chi connectivity index (χ0v) is 13.6. The van der Waals surface area contributed by atoms with Crippen LogP contribution in [0.1, 0.15) is 20.3 Å². The second-order valence-electron chi connectivity index (χ2n) is 3.39. The number of halogens is 2. The van der Waals surface area contributed by atoms with Crippen LogP contribution in [-0.4, -0.2) is 6.61 Å². The quantitative estimate of drug-likeness (QED) is 0.602. The van der Waals surface area contributed by atoms with Gasteiger partial charge >= 0.3 is 30.0 Å². The molecule has 15 heavy (non-hydrogen) atoms. The molecule has 1 aromatic carbocycles. The van der Waals surface area contributed by atoms with Gasteiger partial charge in [-0.3, -0.25) is 4.39 Å².